The molecule has 1 amide bonds. The molecule has 4 nitrogen and oxygen atoms in total. The van der Waals surface area contributed by atoms with E-state index >= 15 is 0 Å². The standard InChI is InChI=1S/C10H11BrN2O2/c11-8-3-4-13(6-8)10(15)7-1-2-9(14)12-5-7/h1-2,5,8H,3-4,6H2,(H,12,14). The summed E-state index contributed by atoms with van der Waals surface area (Å²) in [5.41, 5.74) is 0.350. The summed E-state index contributed by atoms with van der Waals surface area (Å²) in [6.45, 7) is 1.51. The highest BCUT2D eigenvalue weighted by Crippen LogP contribution is 2.18. The first-order valence-electron chi connectivity index (χ1n) is 4.79. The smallest absolute Gasteiger partial charge is 0.255 e. The van der Waals surface area contributed by atoms with Crippen LogP contribution >= 0.6 is 15.9 Å². The summed E-state index contributed by atoms with van der Waals surface area (Å²) in [5.74, 6) is -0.0202. The second kappa shape index (κ2) is 4.18. The molecule has 2 heterocycles. The van der Waals surface area contributed by atoms with Gasteiger partial charge in [0, 0.05) is 30.2 Å². The molecular weight excluding hydrogens is 260 g/mol. The number of alkyl halides is 1. The first kappa shape index (κ1) is 10.4. The van der Waals surface area contributed by atoms with Crippen LogP contribution in [0.4, 0.5) is 0 Å². The zero-order valence-corrected chi connectivity index (χ0v) is 9.66. The minimum Gasteiger partial charge on any atom is -0.337 e. The summed E-state index contributed by atoms with van der Waals surface area (Å²) < 4.78 is 0. The number of amides is 1. The Kier molecular flexibility index (Phi) is 2.90. The zero-order chi connectivity index (χ0) is 10.8. The molecule has 0 radical (unpaired) electrons. The minimum absolute atomic E-state index is 0.0202. The third-order valence-electron chi connectivity index (χ3n) is 2.45. The van der Waals surface area contributed by atoms with Crippen LogP contribution in [0.2, 0.25) is 0 Å². The Balaban J connectivity index is 2.14. The van der Waals surface area contributed by atoms with Crippen molar-refractivity contribution in [1.82, 2.24) is 9.88 Å². The largest absolute Gasteiger partial charge is 0.337 e. The summed E-state index contributed by atoms with van der Waals surface area (Å²) in [4.78, 5) is 27.4. The van der Waals surface area contributed by atoms with Crippen molar-refractivity contribution in [2.45, 2.75) is 11.2 Å². The molecule has 1 aliphatic heterocycles. The number of likely N-dealkylation sites (tertiary alicyclic amines) is 1. The van der Waals surface area contributed by atoms with Gasteiger partial charge in [0.15, 0.2) is 0 Å². The molecule has 1 unspecified atom stereocenters. The molecule has 1 saturated heterocycles. The number of carbonyl (C=O) groups excluding carboxylic acids is 1. The molecule has 1 aromatic heterocycles. The van der Waals surface area contributed by atoms with Gasteiger partial charge in [0.25, 0.3) is 5.91 Å². The van der Waals surface area contributed by atoms with Crippen LogP contribution in [0.1, 0.15) is 16.8 Å². The number of H-pyrrole nitrogens is 1. The predicted octanol–water partition coefficient (Wildman–Crippen LogP) is 0.984. The third-order valence-corrected chi connectivity index (χ3v) is 3.20. The molecule has 15 heavy (non-hydrogen) atoms. The van der Waals surface area contributed by atoms with E-state index < -0.39 is 0 Å². The summed E-state index contributed by atoms with van der Waals surface area (Å²) in [5, 5.41) is 0. The van der Waals surface area contributed by atoms with E-state index in [1.54, 1.807) is 11.0 Å². The van der Waals surface area contributed by atoms with Gasteiger partial charge in [-0.2, -0.15) is 0 Å². The van der Waals surface area contributed by atoms with Gasteiger partial charge in [-0.3, -0.25) is 9.59 Å². The molecule has 1 fully saturated rings. The number of hydrogen-bond acceptors (Lipinski definition) is 2. The van der Waals surface area contributed by atoms with Gasteiger partial charge in [0.05, 0.1) is 5.56 Å². The Morgan fingerprint density at radius 1 is 1.53 bits per heavy atom. The van der Waals surface area contributed by atoms with E-state index in [4.69, 9.17) is 0 Å². The molecule has 0 saturated carbocycles. The fraction of sp³-hybridized carbons (Fsp3) is 0.400. The first-order chi connectivity index (χ1) is 7.16. The lowest BCUT2D eigenvalue weighted by atomic mass is 10.2. The number of nitrogens with zero attached hydrogens (tertiary/aromatic N) is 1. The molecule has 80 valence electrons. The molecule has 1 aliphatic rings. The average Bonchev–Trinajstić information content (AvgIpc) is 2.65. The lowest BCUT2D eigenvalue weighted by Gasteiger charge is -2.14. The van der Waals surface area contributed by atoms with Crippen molar-refractivity contribution in [1.29, 1.82) is 0 Å². The van der Waals surface area contributed by atoms with Crippen molar-refractivity contribution in [3.05, 3.63) is 34.2 Å². The van der Waals surface area contributed by atoms with Gasteiger partial charge in [-0.15, -0.1) is 0 Å². The predicted molar refractivity (Wildman–Crippen MR) is 60.3 cm³/mol. The van der Waals surface area contributed by atoms with E-state index in [-0.39, 0.29) is 11.5 Å². The van der Waals surface area contributed by atoms with E-state index in [1.165, 1.54) is 12.3 Å². The van der Waals surface area contributed by atoms with Crippen molar-refractivity contribution in [2.24, 2.45) is 0 Å². The Hall–Kier alpha value is -1.10. The molecule has 0 aliphatic carbocycles. The van der Waals surface area contributed by atoms with Crippen LogP contribution in [0.3, 0.4) is 0 Å². The highest BCUT2D eigenvalue weighted by atomic mass is 79.9. The molecule has 2 rings (SSSR count). The SMILES string of the molecule is O=C(c1ccc(=O)[nH]c1)N1CCC(Br)C1. The molecule has 0 aromatic carbocycles. The van der Waals surface area contributed by atoms with E-state index in [0.29, 0.717) is 10.4 Å². The van der Waals surface area contributed by atoms with Crippen molar-refractivity contribution < 1.29 is 4.79 Å². The molecule has 5 heteroatoms. The number of aromatic nitrogens is 1. The van der Waals surface area contributed by atoms with Crippen LogP contribution in [0.25, 0.3) is 0 Å². The molecular formula is C10H11BrN2O2. The Morgan fingerprint density at radius 2 is 2.33 bits per heavy atom. The monoisotopic (exact) mass is 270 g/mol. The topological polar surface area (TPSA) is 53.2 Å². The van der Waals surface area contributed by atoms with E-state index in [9.17, 15) is 9.59 Å². The molecule has 1 atom stereocenters. The summed E-state index contributed by atoms with van der Waals surface area (Å²) >= 11 is 3.48. The summed E-state index contributed by atoms with van der Waals surface area (Å²) in [7, 11) is 0. The Morgan fingerprint density at radius 3 is 2.87 bits per heavy atom. The number of halogens is 1. The molecule has 0 bridgehead atoms. The number of nitrogens with one attached hydrogen (secondary N) is 1. The molecule has 1 aromatic rings. The van der Waals surface area contributed by atoms with Gasteiger partial charge in [0.1, 0.15) is 0 Å². The lowest BCUT2D eigenvalue weighted by Crippen LogP contribution is -2.29. The normalized spacial score (nSPS) is 20.6. The number of hydrogen-bond donors (Lipinski definition) is 1. The van der Waals surface area contributed by atoms with Crippen molar-refractivity contribution in [2.75, 3.05) is 13.1 Å². The van der Waals surface area contributed by atoms with Crippen LogP contribution in [-0.4, -0.2) is 33.7 Å². The van der Waals surface area contributed by atoms with Crippen LogP contribution in [0.5, 0.6) is 0 Å². The fourth-order valence-corrected chi connectivity index (χ4v) is 2.18. The number of rotatable bonds is 1. The summed E-state index contributed by atoms with van der Waals surface area (Å²) in [6, 6.07) is 2.93. The molecule has 1 N–H and O–H groups in total. The van der Waals surface area contributed by atoms with Gasteiger partial charge in [-0.1, -0.05) is 15.9 Å². The second-order valence-corrected chi connectivity index (χ2v) is 4.87. The third kappa shape index (κ3) is 2.28. The van der Waals surface area contributed by atoms with Gasteiger partial charge in [-0.25, -0.2) is 0 Å². The van der Waals surface area contributed by atoms with Crippen LogP contribution in [-0.2, 0) is 0 Å². The Bertz CT molecular complexity index is 409. The maximum Gasteiger partial charge on any atom is 0.255 e. The maximum absolute atomic E-state index is 11.9. The molecule has 0 spiro atoms. The van der Waals surface area contributed by atoms with Gasteiger partial charge >= 0.3 is 0 Å². The van der Waals surface area contributed by atoms with Crippen LogP contribution < -0.4 is 5.56 Å². The highest BCUT2D eigenvalue weighted by molar-refractivity contribution is 9.09. The lowest BCUT2D eigenvalue weighted by molar-refractivity contribution is 0.0793. The second-order valence-electron chi connectivity index (χ2n) is 3.58. The van der Waals surface area contributed by atoms with Crippen molar-refractivity contribution >= 4 is 21.8 Å². The van der Waals surface area contributed by atoms with Crippen molar-refractivity contribution in [3.63, 3.8) is 0 Å². The Labute approximate surface area is 95.4 Å². The average molecular weight is 271 g/mol. The summed E-state index contributed by atoms with van der Waals surface area (Å²) in [6.07, 6.45) is 2.45. The van der Waals surface area contributed by atoms with E-state index in [1.807, 2.05) is 0 Å². The highest BCUT2D eigenvalue weighted by Gasteiger charge is 2.24. The fourth-order valence-electron chi connectivity index (χ4n) is 1.63. The van der Waals surface area contributed by atoms with Gasteiger partial charge < -0.3 is 9.88 Å². The van der Waals surface area contributed by atoms with Crippen molar-refractivity contribution in [3.8, 4) is 0 Å². The number of carbonyl (C=O) groups is 1. The van der Waals surface area contributed by atoms with Gasteiger partial charge in [0.2, 0.25) is 5.56 Å². The maximum atomic E-state index is 11.9. The van der Waals surface area contributed by atoms with Crippen LogP contribution in [0.15, 0.2) is 23.1 Å². The number of aromatic amines is 1. The van der Waals surface area contributed by atoms with E-state index in [2.05, 4.69) is 20.9 Å². The quantitative estimate of drug-likeness (QED) is 0.774. The van der Waals surface area contributed by atoms with Gasteiger partial charge in [-0.05, 0) is 12.5 Å². The number of pyridine rings is 1. The van der Waals surface area contributed by atoms with Crippen LogP contribution in [0, 0.1) is 0 Å². The minimum atomic E-state index is -0.189. The zero-order valence-electron chi connectivity index (χ0n) is 8.07. The van der Waals surface area contributed by atoms with E-state index in [0.717, 1.165) is 19.5 Å². The first-order valence-corrected chi connectivity index (χ1v) is 5.70.